The second-order valence-corrected chi connectivity index (χ2v) is 10.5. The summed E-state index contributed by atoms with van der Waals surface area (Å²) in [5, 5.41) is 3.04. The summed E-state index contributed by atoms with van der Waals surface area (Å²) in [6.07, 6.45) is 0.547. The monoisotopic (exact) mass is 470 g/mol. The van der Waals surface area contributed by atoms with Gasteiger partial charge >= 0.3 is 0 Å². The number of ether oxygens (including phenoxy) is 1. The van der Waals surface area contributed by atoms with E-state index < -0.39 is 6.04 Å². The first-order chi connectivity index (χ1) is 15.5. The smallest absolute Gasteiger partial charge is 0.243 e. The highest BCUT2D eigenvalue weighted by molar-refractivity contribution is 7.99. The van der Waals surface area contributed by atoms with Gasteiger partial charge in [-0.2, -0.15) is 0 Å². The zero-order valence-electron chi connectivity index (χ0n) is 21.0. The van der Waals surface area contributed by atoms with Crippen molar-refractivity contribution < 1.29 is 14.3 Å². The number of benzene rings is 2. The zero-order chi connectivity index (χ0) is 24.6. The number of nitrogens with one attached hydrogen (secondary N) is 1. The molecular weight excluding hydrogens is 432 g/mol. The van der Waals surface area contributed by atoms with Crippen LogP contribution < -0.4 is 10.1 Å². The molecule has 2 aromatic carbocycles. The third-order valence-corrected chi connectivity index (χ3v) is 6.16. The van der Waals surface area contributed by atoms with Gasteiger partial charge in [-0.1, -0.05) is 48.4 Å². The standard InChI is InChI=1S/C27H38N2O3S/c1-8-24(26(31)28-27(4,5)6)29(16-21-9-11-23(32-7)12-10-21)25(30)18-33-17-22-14-19(2)13-20(3)15-22/h9-15,24H,8,16-18H2,1-7H3,(H,28,31)/t24-/m1/s1. The summed E-state index contributed by atoms with van der Waals surface area (Å²) in [6, 6.07) is 13.6. The number of hydrogen-bond acceptors (Lipinski definition) is 4. The molecule has 0 aliphatic carbocycles. The number of methoxy groups -OCH3 is 1. The van der Waals surface area contributed by atoms with E-state index in [0.29, 0.717) is 18.7 Å². The number of carbonyl (C=O) groups excluding carboxylic acids is 2. The van der Waals surface area contributed by atoms with Gasteiger partial charge in [-0.25, -0.2) is 0 Å². The predicted molar refractivity (Wildman–Crippen MR) is 138 cm³/mol. The van der Waals surface area contributed by atoms with Crippen LogP contribution in [0.2, 0.25) is 0 Å². The molecule has 2 rings (SSSR count). The molecule has 180 valence electrons. The van der Waals surface area contributed by atoms with Crippen molar-refractivity contribution in [2.24, 2.45) is 0 Å². The normalized spacial score (nSPS) is 12.2. The van der Waals surface area contributed by atoms with E-state index in [1.165, 1.54) is 16.7 Å². The van der Waals surface area contributed by atoms with E-state index in [2.05, 4.69) is 37.4 Å². The maximum Gasteiger partial charge on any atom is 0.243 e. The van der Waals surface area contributed by atoms with E-state index in [1.54, 1.807) is 23.8 Å². The van der Waals surface area contributed by atoms with Gasteiger partial charge in [0.05, 0.1) is 12.9 Å². The Morgan fingerprint density at radius 1 is 1.03 bits per heavy atom. The molecule has 0 bridgehead atoms. The van der Waals surface area contributed by atoms with E-state index in [-0.39, 0.29) is 17.4 Å². The van der Waals surface area contributed by atoms with Crippen LogP contribution in [0.1, 0.15) is 56.4 Å². The minimum Gasteiger partial charge on any atom is -0.497 e. The lowest BCUT2D eigenvalue weighted by Gasteiger charge is -2.33. The van der Waals surface area contributed by atoms with Crippen molar-refractivity contribution in [3.05, 3.63) is 64.7 Å². The maximum absolute atomic E-state index is 13.4. The highest BCUT2D eigenvalue weighted by atomic mass is 32.2. The van der Waals surface area contributed by atoms with Crippen molar-refractivity contribution in [3.63, 3.8) is 0 Å². The fraction of sp³-hybridized carbons (Fsp3) is 0.481. The topological polar surface area (TPSA) is 58.6 Å². The number of thioether (sulfide) groups is 1. The lowest BCUT2D eigenvalue weighted by atomic mass is 10.1. The van der Waals surface area contributed by atoms with Crippen LogP contribution in [-0.2, 0) is 21.9 Å². The van der Waals surface area contributed by atoms with Crippen LogP contribution >= 0.6 is 11.8 Å². The Balaban J connectivity index is 2.17. The van der Waals surface area contributed by atoms with Gasteiger partial charge in [-0.3, -0.25) is 9.59 Å². The molecule has 1 N–H and O–H groups in total. The van der Waals surface area contributed by atoms with Crippen LogP contribution in [0, 0.1) is 13.8 Å². The first-order valence-corrected chi connectivity index (χ1v) is 12.6. The third kappa shape index (κ3) is 8.77. The molecule has 0 heterocycles. The van der Waals surface area contributed by atoms with E-state index in [0.717, 1.165) is 17.1 Å². The van der Waals surface area contributed by atoms with Gasteiger partial charge in [0, 0.05) is 17.8 Å². The average molecular weight is 471 g/mol. The molecule has 0 aliphatic heterocycles. The van der Waals surface area contributed by atoms with Crippen molar-refractivity contribution in [2.45, 2.75) is 71.8 Å². The van der Waals surface area contributed by atoms with E-state index in [4.69, 9.17) is 4.74 Å². The Labute approximate surface area is 203 Å². The van der Waals surface area contributed by atoms with Crippen LogP contribution in [0.25, 0.3) is 0 Å². The number of hydrogen-bond donors (Lipinski definition) is 1. The van der Waals surface area contributed by atoms with Crippen LogP contribution in [0.5, 0.6) is 5.75 Å². The molecule has 5 nitrogen and oxygen atoms in total. The Morgan fingerprint density at radius 2 is 1.64 bits per heavy atom. The van der Waals surface area contributed by atoms with Gasteiger partial charge in [-0.05, 0) is 64.3 Å². The summed E-state index contributed by atoms with van der Waals surface area (Å²) in [5.74, 6) is 1.69. The molecule has 2 amide bonds. The predicted octanol–water partition coefficient (Wildman–Crippen LogP) is 5.27. The van der Waals surface area contributed by atoms with Gasteiger partial charge < -0.3 is 15.0 Å². The van der Waals surface area contributed by atoms with Crippen molar-refractivity contribution in [3.8, 4) is 5.75 Å². The van der Waals surface area contributed by atoms with Gasteiger partial charge in [0.2, 0.25) is 11.8 Å². The van der Waals surface area contributed by atoms with Gasteiger partial charge in [0.1, 0.15) is 11.8 Å². The fourth-order valence-electron chi connectivity index (χ4n) is 3.79. The maximum atomic E-state index is 13.4. The van der Waals surface area contributed by atoms with Gasteiger partial charge in [0.25, 0.3) is 0 Å². The zero-order valence-corrected chi connectivity index (χ0v) is 21.8. The molecule has 0 spiro atoms. The molecule has 0 aliphatic rings. The van der Waals surface area contributed by atoms with Crippen LogP contribution in [0.4, 0.5) is 0 Å². The third-order valence-electron chi connectivity index (χ3n) is 5.17. The second-order valence-electron chi connectivity index (χ2n) is 9.52. The molecule has 2 aromatic rings. The lowest BCUT2D eigenvalue weighted by Crippen LogP contribution is -2.53. The summed E-state index contributed by atoms with van der Waals surface area (Å²) in [5.41, 5.74) is 4.26. The first-order valence-electron chi connectivity index (χ1n) is 11.4. The number of amides is 2. The summed E-state index contributed by atoms with van der Waals surface area (Å²) in [6.45, 7) is 12.4. The minimum atomic E-state index is -0.527. The molecule has 0 radical (unpaired) electrons. The molecule has 0 aromatic heterocycles. The van der Waals surface area contributed by atoms with Crippen LogP contribution in [0.3, 0.4) is 0 Å². The highest BCUT2D eigenvalue weighted by Crippen LogP contribution is 2.20. The number of carbonyl (C=O) groups is 2. The first kappa shape index (κ1) is 26.8. The van der Waals surface area contributed by atoms with Crippen molar-refractivity contribution in [1.82, 2.24) is 10.2 Å². The average Bonchev–Trinajstić information content (AvgIpc) is 2.72. The summed E-state index contributed by atoms with van der Waals surface area (Å²) < 4.78 is 5.25. The Hall–Kier alpha value is -2.47. The molecule has 33 heavy (non-hydrogen) atoms. The molecule has 0 fully saturated rings. The Kier molecular flexibility index (Phi) is 9.84. The Bertz CT molecular complexity index is 915. The van der Waals surface area contributed by atoms with Crippen molar-refractivity contribution in [1.29, 1.82) is 0 Å². The van der Waals surface area contributed by atoms with E-state index in [9.17, 15) is 9.59 Å². The van der Waals surface area contributed by atoms with Gasteiger partial charge in [-0.15, -0.1) is 11.8 Å². The van der Waals surface area contributed by atoms with E-state index in [1.807, 2.05) is 52.0 Å². The summed E-state index contributed by atoms with van der Waals surface area (Å²) >= 11 is 1.59. The Morgan fingerprint density at radius 3 is 2.15 bits per heavy atom. The number of aryl methyl sites for hydroxylation is 2. The summed E-state index contributed by atoms with van der Waals surface area (Å²) in [4.78, 5) is 28.2. The molecule has 0 unspecified atom stereocenters. The van der Waals surface area contributed by atoms with Crippen LogP contribution in [0.15, 0.2) is 42.5 Å². The minimum absolute atomic E-state index is 0.0314. The molecule has 0 saturated carbocycles. The van der Waals surface area contributed by atoms with Crippen molar-refractivity contribution >= 4 is 23.6 Å². The second kappa shape index (κ2) is 12.1. The quantitative estimate of drug-likeness (QED) is 0.514. The molecule has 0 saturated heterocycles. The highest BCUT2D eigenvalue weighted by Gasteiger charge is 2.30. The number of rotatable bonds is 10. The summed E-state index contributed by atoms with van der Waals surface area (Å²) in [7, 11) is 1.63. The lowest BCUT2D eigenvalue weighted by molar-refractivity contribution is -0.140. The largest absolute Gasteiger partial charge is 0.497 e. The SMILES string of the molecule is CC[C@H](C(=O)NC(C)(C)C)N(Cc1ccc(OC)cc1)C(=O)CSCc1cc(C)cc(C)c1. The fourth-order valence-corrected chi connectivity index (χ4v) is 4.64. The van der Waals surface area contributed by atoms with Crippen molar-refractivity contribution in [2.75, 3.05) is 12.9 Å². The molecule has 1 atom stereocenters. The molecular formula is C27H38N2O3S. The van der Waals surface area contributed by atoms with Gasteiger partial charge in [0.15, 0.2) is 0 Å². The van der Waals surface area contributed by atoms with E-state index >= 15 is 0 Å². The molecule has 6 heteroatoms. The number of nitrogens with zero attached hydrogens (tertiary/aromatic N) is 1. The van der Waals surface area contributed by atoms with Crippen LogP contribution in [-0.4, -0.2) is 41.2 Å².